The maximum atomic E-state index is 12.0. The molecule has 2 rings (SSSR count). The van der Waals surface area contributed by atoms with Crippen molar-refractivity contribution in [1.29, 1.82) is 0 Å². The summed E-state index contributed by atoms with van der Waals surface area (Å²) in [6, 6.07) is 2.54. The number of hydrogen-bond donors (Lipinski definition) is 1. The lowest BCUT2D eigenvalue weighted by Crippen LogP contribution is -2.14. The van der Waals surface area contributed by atoms with Crippen molar-refractivity contribution in [3.8, 4) is 0 Å². The van der Waals surface area contributed by atoms with E-state index in [4.69, 9.17) is 34.8 Å². The van der Waals surface area contributed by atoms with E-state index in [1.54, 1.807) is 0 Å². The fourth-order valence-electron chi connectivity index (χ4n) is 1.14. The molecule has 0 radical (unpaired) electrons. The van der Waals surface area contributed by atoms with E-state index >= 15 is 0 Å². The summed E-state index contributed by atoms with van der Waals surface area (Å²) in [7, 11) is -3.87. The Morgan fingerprint density at radius 2 is 1.89 bits per heavy atom. The molecule has 10 heteroatoms. The minimum atomic E-state index is -3.87. The first-order valence-corrected chi connectivity index (χ1v) is 7.32. The summed E-state index contributed by atoms with van der Waals surface area (Å²) in [6.07, 6.45) is 2.40. The summed E-state index contributed by atoms with van der Waals surface area (Å²) in [5.74, 6) is 0.0334. The maximum Gasteiger partial charge on any atom is 0.264 e. The van der Waals surface area contributed by atoms with Gasteiger partial charge in [0.2, 0.25) is 5.28 Å². The van der Waals surface area contributed by atoms with Crippen molar-refractivity contribution >= 4 is 50.6 Å². The smallest absolute Gasteiger partial charge is 0.263 e. The van der Waals surface area contributed by atoms with Crippen LogP contribution in [-0.4, -0.2) is 23.4 Å². The first-order chi connectivity index (χ1) is 8.88. The van der Waals surface area contributed by atoms with Gasteiger partial charge in [0, 0.05) is 12.4 Å². The Hall–Kier alpha value is -1.15. The van der Waals surface area contributed by atoms with E-state index in [-0.39, 0.29) is 26.2 Å². The first-order valence-electron chi connectivity index (χ1n) is 4.71. The maximum absolute atomic E-state index is 12.0. The molecule has 19 heavy (non-hydrogen) atoms. The Balaban J connectivity index is 2.35. The molecule has 100 valence electrons. The van der Waals surface area contributed by atoms with E-state index in [2.05, 4.69) is 19.7 Å². The largest absolute Gasteiger partial charge is 0.264 e. The highest BCUT2D eigenvalue weighted by molar-refractivity contribution is 7.92. The Kier molecular flexibility index (Phi) is 4.10. The zero-order valence-corrected chi connectivity index (χ0v) is 12.1. The molecule has 2 aromatic rings. The SMILES string of the molecule is O=S(=O)(Nc1ccnc(Cl)n1)c1cnc(Cl)c(Cl)c1. The van der Waals surface area contributed by atoms with E-state index in [0.717, 1.165) is 6.20 Å². The van der Waals surface area contributed by atoms with E-state index in [9.17, 15) is 8.42 Å². The zero-order chi connectivity index (χ0) is 14.0. The number of nitrogens with one attached hydrogen (secondary N) is 1. The van der Waals surface area contributed by atoms with E-state index in [1.807, 2.05) is 0 Å². The van der Waals surface area contributed by atoms with Crippen LogP contribution in [0, 0.1) is 0 Å². The third-order valence-corrected chi connectivity index (χ3v) is 4.14. The summed E-state index contributed by atoms with van der Waals surface area (Å²) in [4.78, 5) is 10.9. The van der Waals surface area contributed by atoms with Gasteiger partial charge in [0.25, 0.3) is 10.0 Å². The van der Waals surface area contributed by atoms with E-state index in [1.165, 1.54) is 18.3 Å². The molecule has 0 aliphatic carbocycles. The van der Waals surface area contributed by atoms with Crippen LogP contribution in [0.25, 0.3) is 0 Å². The van der Waals surface area contributed by atoms with Crippen molar-refractivity contribution < 1.29 is 8.42 Å². The highest BCUT2D eigenvalue weighted by Gasteiger charge is 2.17. The van der Waals surface area contributed by atoms with Gasteiger partial charge in [-0.25, -0.2) is 18.4 Å². The Morgan fingerprint density at radius 3 is 2.53 bits per heavy atom. The zero-order valence-electron chi connectivity index (χ0n) is 9.01. The minimum absolute atomic E-state index is 0.0192. The molecule has 0 amide bonds. The number of rotatable bonds is 3. The van der Waals surface area contributed by atoms with Crippen molar-refractivity contribution in [3.63, 3.8) is 0 Å². The number of nitrogens with zero attached hydrogens (tertiary/aromatic N) is 3. The second-order valence-electron chi connectivity index (χ2n) is 3.26. The summed E-state index contributed by atoms with van der Waals surface area (Å²) in [5, 5.41) is -0.0246. The summed E-state index contributed by atoms with van der Waals surface area (Å²) in [5.41, 5.74) is 0. The predicted octanol–water partition coefficient (Wildman–Crippen LogP) is 2.63. The summed E-state index contributed by atoms with van der Waals surface area (Å²) < 4.78 is 26.3. The molecule has 0 atom stereocenters. The number of anilines is 1. The van der Waals surface area contributed by atoms with Gasteiger partial charge in [0.05, 0.1) is 5.02 Å². The average molecular weight is 340 g/mol. The molecule has 1 N–H and O–H groups in total. The van der Waals surface area contributed by atoms with Crippen LogP contribution in [0.1, 0.15) is 0 Å². The number of sulfonamides is 1. The second-order valence-corrected chi connectivity index (χ2v) is 6.05. The third kappa shape index (κ3) is 3.44. The standard InChI is InChI=1S/C9H5Cl3N4O2S/c10-6-3-5(4-14-8(6)11)19(17,18)16-7-1-2-13-9(12)15-7/h1-4H,(H,13,15,16). The molecule has 0 spiro atoms. The van der Waals surface area contributed by atoms with Crippen molar-refractivity contribution in [2.24, 2.45) is 0 Å². The van der Waals surface area contributed by atoms with Gasteiger partial charge in [-0.3, -0.25) is 4.72 Å². The number of hydrogen-bond acceptors (Lipinski definition) is 5. The van der Waals surface area contributed by atoms with Crippen molar-refractivity contribution in [2.45, 2.75) is 4.90 Å². The van der Waals surface area contributed by atoms with Crippen LogP contribution in [0.15, 0.2) is 29.4 Å². The molecule has 0 aliphatic rings. The summed E-state index contributed by atoms with van der Waals surface area (Å²) >= 11 is 16.9. The van der Waals surface area contributed by atoms with Gasteiger partial charge in [-0.15, -0.1) is 0 Å². The molecular weight excluding hydrogens is 335 g/mol. The predicted molar refractivity (Wildman–Crippen MR) is 72.1 cm³/mol. The lowest BCUT2D eigenvalue weighted by atomic mass is 10.5. The highest BCUT2D eigenvalue weighted by atomic mass is 35.5. The van der Waals surface area contributed by atoms with Crippen molar-refractivity contribution in [2.75, 3.05) is 4.72 Å². The fraction of sp³-hybridized carbons (Fsp3) is 0. The molecule has 2 heterocycles. The molecule has 0 fully saturated rings. The van der Waals surface area contributed by atoms with Crippen LogP contribution in [0.5, 0.6) is 0 Å². The molecule has 2 aromatic heterocycles. The lowest BCUT2D eigenvalue weighted by Gasteiger charge is -2.07. The Labute approximate surface area is 123 Å². The normalized spacial score (nSPS) is 11.3. The molecule has 0 bridgehead atoms. The Bertz CT molecular complexity index is 723. The molecule has 6 nitrogen and oxygen atoms in total. The van der Waals surface area contributed by atoms with Crippen LogP contribution >= 0.6 is 34.8 Å². The number of aromatic nitrogens is 3. The highest BCUT2D eigenvalue weighted by Crippen LogP contribution is 2.23. The van der Waals surface area contributed by atoms with Crippen LogP contribution in [0.3, 0.4) is 0 Å². The minimum Gasteiger partial charge on any atom is -0.263 e. The number of halogens is 3. The fourth-order valence-corrected chi connectivity index (χ4v) is 2.59. The van der Waals surface area contributed by atoms with Crippen LogP contribution < -0.4 is 4.72 Å². The molecule has 0 aromatic carbocycles. The van der Waals surface area contributed by atoms with Gasteiger partial charge >= 0.3 is 0 Å². The molecular formula is C9H5Cl3N4O2S. The van der Waals surface area contributed by atoms with E-state index in [0.29, 0.717) is 0 Å². The van der Waals surface area contributed by atoms with Crippen molar-refractivity contribution in [1.82, 2.24) is 15.0 Å². The summed E-state index contributed by atoms with van der Waals surface area (Å²) in [6.45, 7) is 0. The van der Waals surface area contributed by atoms with E-state index < -0.39 is 10.0 Å². The van der Waals surface area contributed by atoms with Gasteiger partial charge in [0.15, 0.2) is 0 Å². The lowest BCUT2D eigenvalue weighted by molar-refractivity contribution is 0.600. The molecule has 0 aliphatic heterocycles. The molecule has 0 saturated carbocycles. The van der Waals surface area contributed by atoms with Gasteiger partial charge in [-0.2, -0.15) is 4.98 Å². The molecule has 0 saturated heterocycles. The quantitative estimate of drug-likeness (QED) is 0.686. The van der Waals surface area contributed by atoms with Gasteiger partial charge in [0.1, 0.15) is 15.9 Å². The first kappa shape index (κ1) is 14.3. The molecule has 0 unspecified atom stereocenters. The van der Waals surface area contributed by atoms with Crippen molar-refractivity contribution in [3.05, 3.63) is 40.0 Å². The van der Waals surface area contributed by atoms with Gasteiger partial charge < -0.3 is 0 Å². The van der Waals surface area contributed by atoms with Crippen LogP contribution in [0.2, 0.25) is 15.5 Å². The van der Waals surface area contributed by atoms with Crippen LogP contribution in [-0.2, 0) is 10.0 Å². The number of pyridine rings is 1. The van der Waals surface area contributed by atoms with Crippen LogP contribution in [0.4, 0.5) is 5.82 Å². The average Bonchev–Trinajstić information content (AvgIpc) is 2.32. The second kappa shape index (κ2) is 5.46. The monoisotopic (exact) mass is 338 g/mol. The van der Waals surface area contributed by atoms with Gasteiger partial charge in [-0.05, 0) is 23.7 Å². The van der Waals surface area contributed by atoms with Gasteiger partial charge in [-0.1, -0.05) is 23.2 Å². The third-order valence-electron chi connectivity index (χ3n) is 1.95. The topological polar surface area (TPSA) is 84.8 Å². The Morgan fingerprint density at radius 1 is 1.16 bits per heavy atom.